The number of nitrogens with one attached hydrogen (secondary N) is 2. The van der Waals surface area contributed by atoms with Crippen LogP contribution >= 0.6 is 0 Å². The molecule has 1 amide bonds. The zero-order valence-corrected chi connectivity index (χ0v) is 22.0. The van der Waals surface area contributed by atoms with Crippen molar-refractivity contribution >= 4 is 23.1 Å². The van der Waals surface area contributed by atoms with Gasteiger partial charge >= 0.3 is 0 Å². The number of pyridine rings is 1. The van der Waals surface area contributed by atoms with Gasteiger partial charge < -0.3 is 25.0 Å². The Labute approximate surface area is 229 Å². The molecule has 3 aromatic rings. The maximum absolute atomic E-state index is 16.5. The number of amidine groups is 1. The van der Waals surface area contributed by atoms with E-state index in [2.05, 4.69) is 16.9 Å². The molecule has 1 saturated heterocycles. The first-order valence-corrected chi connectivity index (χ1v) is 12.7. The number of aliphatic hydroxyl groups excluding tert-OH is 1. The number of rotatable bonds is 5. The topological polar surface area (TPSA) is 102 Å². The first-order chi connectivity index (χ1) is 19.1. The van der Waals surface area contributed by atoms with Gasteiger partial charge in [0.25, 0.3) is 0 Å². The minimum Gasteiger partial charge on any atom is -0.487 e. The van der Waals surface area contributed by atoms with Crippen molar-refractivity contribution in [2.75, 3.05) is 31.6 Å². The number of aromatic nitrogens is 1. The molecule has 2 aliphatic heterocycles. The summed E-state index contributed by atoms with van der Waals surface area (Å²) in [5, 5.41) is 22.4. The smallest absolute Gasteiger partial charge is 0.246 e. The number of halogens is 3. The third-order valence-electron chi connectivity index (χ3n) is 7.23. The predicted octanol–water partition coefficient (Wildman–Crippen LogP) is 4.69. The highest BCUT2D eigenvalue weighted by atomic mass is 19.1. The molecule has 3 heterocycles. The number of aryl methyl sites for hydroxylation is 1. The lowest BCUT2D eigenvalue weighted by molar-refractivity contribution is -0.128. The maximum atomic E-state index is 16.5. The molecular weight excluding hydrogens is 523 g/mol. The van der Waals surface area contributed by atoms with Gasteiger partial charge in [0.2, 0.25) is 5.91 Å². The number of fused-ring (bicyclic) bond motifs is 2. The number of piperazine rings is 1. The maximum Gasteiger partial charge on any atom is 0.246 e. The normalized spacial score (nSPS) is 17.4. The van der Waals surface area contributed by atoms with Crippen LogP contribution in [0.4, 0.5) is 24.5 Å². The van der Waals surface area contributed by atoms with Gasteiger partial charge in [-0.2, -0.15) is 0 Å². The average Bonchev–Trinajstić information content (AvgIpc) is 3.08. The minimum absolute atomic E-state index is 0.111. The van der Waals surface area contributed by atoms with E-state index in [4.69, 9.17) is 10.1 Å². The van der Waals surface area contributed by atoms with Crippen LogP contribution in [0.3, 0.4) is 0 Å². The summed E-state index contributed by atoms with van der Waals surface area (Å²) in [6.45, 7) is 7.30. The molecule has 0 bridgehead atoms. The molecule has 0 spiro atoms. The Morgan fingerprint density at radius 1 is 1.20 bits per heavy atom. The number of carbonyl (C=O) groups is 1. The third kappa shape index (κ3) is 4.56. The van der Waals surface area contributed by atoms with E-state index in [-0.39, 0.29) is 66.2 Å². The Morgan fingerprint density at radius 3 is 2.65 bits per heavy atom. The molecule has 2 unspecified atom stereocenters. The minimum atomic E-state index is -1.15. The monoisotopic (exact) mass is 551 g/mol. The third-order valence-corrected chi connectivity index (χ3v) is 7.23. The van der Waals surface area contributed by atoms with Crippen LogP contribution in [0.5, 0.6) is 5.75 Å². The fourth-order valence-corrected chi connectivity index (χ4v) is 5.18. The van der Waals surface area contributed by atoms with E-state index in [1.54, 1.807) is 22.8 Å². The summed E-state index contributed by atoms with van der Waals surface area (Å²) >= 11 is 0. The van der Waals surface area contributed by atoms with Gasteiger partial charge in [-0.25, -0.2) is 13.2 Å². The van der Waals surface area contributed by atoms with Crippen LogP contribution in [0.1, 0.15) is 29.8 Å². The number of hydrogen-bond acceptors (Lipinski definition) is 6. The standard InChI is InChI=1S/C29H28F3N5O3/c1-4-20(39)36-11-12-37-17(13-36)14-40-28-22(29(37)33)27(35-25-15(2)9-10-34-26(25)16(3)38)23(31)21(24(28)32)18-7-5-6-8-19(18)30/h4-10,16-17,33,35,38H,1,11-14H2,2-3H3. The van der Waals surface area contributed by atoms with Crippen molar-refractivity contribution in [3.05, 3.63) is 83.5 Å². The van der Waals surface area contributed by atoms with Crippen molar-refractivity contribution in [1.29, 1.82) is 5.41 Å². The molecule has 2 atom stereocenters. The molecule has 1 fully saturated rings. The van der Waals surface area contributed by atoms with E-state index in [1.807, 2.05) is 0 Å². The second-order valence-electron chi connectivity index (χ2n) is 9.75. The van der Waals surface area contributed by atoms with Gasteiger partial charge in [-0.05, 0) is 37.6 Å². The van der Waals surface area contributed by atoms with Crippen LogP contribution in [-0.4, -0.2) is 63.9 Å². The van der Waals surface area contributed by atoms with E-state index in [1.165, 1.54) is 37.4 Å². The molecular formula is C29H28F3N5O3. The summed E-state index contributed by atoms with van der Waals surface area (Å²) in [5.41, 5.74) is -0.410. The lowest BCUT2D eigenvalue weighted by atomic mass is 9.97. The number of hydrogen-bond donors (Lipinski definition) is 3. The summed E-state index contributed by atoms with van der Waals surface area (Å²) in [6.07, 6.45) is 1.65. The van der Waals surface area contributed by atoms with Crippen molar-refractivity contribution in [1.82, 2.24) is 14.8 Å². The van der Waals surface area contributed by atoms with Crippen LogP contribution in [-0.2, 0) is 4.79 Å². The van der Waals surface area contributed by atoms with Gasteiger partial charge in [0.15, 0.2) is 17.4 Å². The number of ether oxygens (including phenoxy) is 1. The number of amides is 1. The van der Waals surface area contributed by atoms with Gasteiger partial charge in [0.05, 0.1) is 40.3 Å². The number of anilines is 2. The number of benzene rings is 2. The molecule has 40 heavy (non-hydrogen) atoms. The van der Waals surface area contributed by atoms with E-state index in [9.17, 15) is 14.3 Å². The molecule has 0 saturated carbocycles. The van der Waals surface area contributed by atoms with Gasteiger partial charge in [-0.3, -0.25) is 15.2 Å². The fraction of sp³-hybridized carbons (Fsp3) is 0.276. The number of carbonyl (C=O) groups excluding carboxylic acids is 1. The zero-order chi connectivity index (χ0) is 28.7. The Hall–Kier alpha value is -4.38. The largest absolute Gasteiger partial charge is 0.487 e. The van der Waals surface area contributed by atoms with Gasteiger partial charge in [-0.15, -0.1) is 0 Å². The van der Waals surface area contributed by atoms with Gasteiger partial charge in [0, 0.05) is 31.4 Å². The Balaban J connectivity index is 1.73. The quantitative estimate of drug-likeness (QED) is 0.398. The summed E-state index contributed by atoms with van der Waals surface area (Å²) < 4.78 is 53.5. The van der Waals surface area contributed by atoms with Crippen LogP contribution in [0.2, 0.25) is 0 Å². The van der Waals surface area contributed by atoms with Crippen LogP contribution in [0.25, 0.3) is 11.1 Å². The van der Waals surface area contributed by atoms with Crippen molar-refractivity contribution in [2.45, 2.75) is 26.0 Å². The highest BCUT2D eigenvalue weighted by Crippen LogP contribution is 2.45. The number of nitrogens with zero attached hydrogens (tertiary/aromatic N) is 3. The van der Waals surface area contributed by atoms with Crippen molar-refractivity contribution < 1.29 is 27.8 Å². The first-order valence-electron chi connectivity index (χ1n) is 12.7. The molecule has 208 valence electrons. The van der Waals surface area contributed by atoms with Gasteiger partial charge in [-0.1, -0.05) is 24.8 Å². The Bertz CT molecular complexity index is 1530. The molecule has 0 radical (unpaired) electrons. The summed E-state index contributed by atoms with van der Waals surface area (Å²) in [5.74, 6) is -4.04. The molecule has 0 aliphatic carbocycles. The van der Waals surface area contributed by atoms with Crippen molar-refractivity contribution in [3.8, 4) is 16.9 Å². The molecule has 5 rings (SSSR count). The molecule has 1 aromatic heterocycles. The van der Waals surface area contributed by atoms with E-state index < -0.39 is 40.9 Å². The molecule has 2 aromatic carbocycles. The summed E-state index contributed by atoms with van der Waals surface area (Å²) in [7, 11) is 0. The first kappa shape index (κ1) is 27.2. The fourth-order valence-electron chi connectivity index (χ4n) is 5.18. The Kier molecular flexibility index (Phi) is 7.24. The van der Waals surface area contributed by atoms with Crippen LogP contribution < -0.4 is 10.1 Å². The van der Waals surface area contributed by atoms with E-state index in [0.29, 0.717) is 5.56 Å². The van der Waals surface area contributed by atoms with Crippen molar-refractivity contribution in [2.24, 2.45) is 0 Å². The van der Waals surface area contributed by atoms with Crippen LogP contribution in [0, 0.1) is 29.8 Å². The second kappa shape index (κ2) is 10.6. The second-order valence-corrected chi connectivity index (χ2v) is 9.75. The summed E-state index contributed by atoms with van der Waals surface area (Å²) in [6, 6.07) is 6.34. The SMILES string of the molecule is C=CC(=O)N1CCN2C(=N)c3c(Nc4c(C)ccnc4C(C)O)c(F)c(-c4ccccc4F)c(F)c3OCC2C1. The number of aliphatic hydroxyl groups is 1. The molecule has 3 N–H and O–H groups in total. The van der Waals surface area contributed by atoms with E-state index >= 15 is 8.78 Å². The van der Waals surface area contributed by atoms with Crippen LogP contribution in [0.15, 0.2) is 49.2 Å². The highest BCUT2D eigenvalue weighted by molar-refractivity contribution is 6.07. The predicted molar refractivity (Wildman–Crippen MR) is 144 cm³/mol. The van der Waals surface area contributed by atoms with Crippen molar-refractivity contribution in [3.63, 3.8) is 0 Å². The van der Waals surface area contributed by atoms with E-state index in [0.717, 1.165) is 6.07 Å². The lowest BCUT2D eigenvalue weighted by Crippen LogP contribution is -2.57. The van der Waals surface area contributed by atoms with Gasteiger partial charge in [0.1, 0.15) is 18.3 Å². The highest BCUT2D eigenvalue weighted by Gasteiger charge is 2.39. The summed E-state index contributed by atoms with van der Waals surface area (Å²) in [4.78, 5) is 19.7. The Morgan fingerprint density at radius 2 is 1.95 bits per heavy atom. The zero-order valence-electron chi connectivity index (χ0n) is 22.0. The molecule has 2 aliphatic rings. The average molecular weight is 552 g/mol. The lowest BCUT2D eigenvalue weighted by Gasteiger charge is -2.40. The molecule has 11 heteroatoms. The molecule has 8 nitrogen and oxygen atoms in total.